The SMILES string of the molecule is Cc1cc(C(=O)CBr)cc(F)c1Br. The van der Waals surface area contributed by atoms with Gasteiger partial charge in [0, 0.05) is 5.56 Å². The Morgan fingerprint density at radius 2 is 2.15 bits per heavy atom. The quantitative estimate of drug-likeness (QED) is 0.604. The molecule has 1 rings (SSSR count). The lowest BCUT2D eigenvalue weighted by Gasteiger charge is -2.03. The number of Topliss-reactive ketones (excluding diaryl/α,β-unsaturated/α-hetero) is 1. The van der Waals surface area contributed by atoms with Crippen LogP contribution in [0.1, 0.15) is 15.9 Å². The van der Waals surface area contributed by atoms with Crippen molar-refractivity contribution in [3.05, 3.63) is 33.5 Å². The van der Waals surface area contributed by atoms with Crippen LogP contribution in [-0.2, 0) is 0 Å². The molecule has 0 radical (unpaired) electrons. The first kappa shape index (κ1) is 10.9. The van der Waals surface area contributed by atoms with E-state index in [2.05, 4.69) is 31.9 Å². The van der Waals surface area contributed by atoms with Crippen LogP contribution in [0, 0.1) is 12.7 Å². The van der Waals surface area contributed by atoms with Crippen LogP contribution < -0.4 is 0 Å². The molecule has 0 amide bonds. The standard InChI is InChI=1S/C9H7Br2FO/c1-5-2-6(8(13)4-10)3-7(12)9(5)11/h2-3H,4H2,1H3. The lowest BCUT2D eigenvalue weighted by molar-refractivity contribution is 0.102. The Kier molecular flexibility index (Phi) is 3.62. The molecule has 0 aliphatic carbocycles. The Morgan fingerprint density at radius 3 is 2.62 bits per heavy atom. The first-order valence-corrected chi connectivity index (χ1v) is 5.52. The van der Waals surface area contributed by atoms with Gasteiger partial charge in [0.25, 0.3) is 0 Å². The van der Waals surface area contributed by atoms with Gasteiger partial charge in [0.15, 0.2) is 5.78 Å². The molecule has 70 valence electrons. The molecule has 0 heterocycles. The summed E-state index contributed by atoms with van der Waals surface area (Å²) in [5, 5.41) is 0.216. The topological polar surface area (TPSA) is 17.1 Å². The van der Waals surface area contributed by atoms with Crippen molar-refractivity contribution in [1.82, 2.24) is 0 Å². The van der Waals surface area contributed by atoms with E-state index in [9.17, 15) is 9.18 Å². The van der Waals surface area contributed by atoms with Crippen LogP contribution in [0.15, 0.2) is 16.6 Å². The fourth-order valence-electron chi connectivity index (χ4n) is 0.965. The van der Waals surface area contributed by atoms with Gasteiger partial charge < -0.3 is 0 Å². The van der Waals surface area contributed by atoms with Crippen LogP contribution in [0.2, 0.25) is 0 Å². The summed E-state index contributed by atoms with van der Waals surface area (Å²) in [6.07, 6.45) is 0. The number of alkyl halides is 1. The van der Waals surface area contributed by atoms with Crippen molar-refractivity contribution >= 4 is 37.6 Å². The highest BCUT2D eigenvalue weighted by atomic mass is 79.9. The van der Waals surface area contributed by atoms with E-state index in [-0.39, 0.29) is 11.1 Å². The highest BCUT2D eigenvalue weighted by Crippen LogP contribution is 2.22. The molecule has 0 spiro atoms. The fourth-order valence-corrected chi connectivity index (χ4v) is 1.52. The van der Waals surface area contributed by atoms with Gasteiger partial charge in [-0.1, -0.05) is 15.9 Å². The van der Waals surface area contributed by atoms with Gasteiger partial charge in [0.05, 0.1) is 9.80 Å². The first-order valence-electron chi connectivity index (χ1n) is 3.61. The summed E-state index contributed by atoms with van der Waals surface area (Å²) in [6, 6.07) is 2.90. The number of hydrogen-bond acceptors (Lipinski definition) is 1. The number of aryl methyl sites for hydroxylation is 1. The molecule has 0 unspecified atom stereocenters. The van der Waals surface area contributed by atoms with Crippen molar-refractivity contribution in [2.45, 2.75) is 6.92 Å². The molecule has 4 heteroatoms. The van der Waals surface area contributed by atoms with E-state index in [0.29, 0.717) is 10.0 Å². The molecule has 0 N–H and O–H groups in total. The molecule has 0 atom stereocenters. The maximum absolute atomic E-state index is 13.1. The number of benzene rings is 1. The molecule has 1 aromatic carbocycles. The fraction of sp³-hybridized carbons (Fsp3) is 0.222. The largest absolute Gasteiger partial charge is 0.293 e. The number of rotatable bonds is 2. The minimum Gasteiger partial charge on any atom is -0.293 e. The molecule has 0 aliphatic heterocycles. The zero-order chi connectivity index (χ0) is 10.0. The molecule has 1 aromatic rings. The summed E-state index contributed by atoms with van der Waals surface area (Å²) in [4.78, 5) is 11.2. The molecule has 13 heavy (non-hydrogen) atoms. The van der Waals surface area contributed by atoms with Crippen LogP contribution in [0.25, 0.3) is 0 Å². The molecule has 0 fully saturated rings. The molecule has 0 aromatic heterocycles. The maximum atomic E-state index is 13.1. The monoisotopic (exact) mass is 308 g/mol. The first-order chi connectivity index (χ1) is 6.06. The maximum Gasteiger partial charge on any atom is 0.173 e. The molecule has 1 nitrogen and oxygen atoms in total. The predicted molar refractivity (Wildman–Crippen MR) is 57.0 cm³/mol. The van der Waals surface area contributed by atoms with Crippen molar-refractivity contribution in [2.75, 3.05) is 5.33 Å². The van der Waals surface area contributed by atoms with Crippen molar-refractivity contribution in [3.8, 4) is 0 Å². The minimum atomic E-state index is -0.399. The van der Waals surface area contributed by atoms with Crippen molar-refractivity contribution < 1.29 is 9.18 Å². The molecule has 0 bridgehead atoms. The predicted octanol–water partition coefficient (Wildman–Crippen LogP) is 3.47. The number of carbonyl (C=O) groups excluding carboxylic acids is 1. The number of carbonyl (C=O) groups is 1. The minimum absolute atomic E-state index is 0.116. The smallest absolute Gasteiger partial charge is 0.173 e. The van der Waals surface area contributed by atoms with Gasteiger partial charge in [0.2, 0.25) is 0 Å². The molecular formula is C9H7Br2FO. The summed E-state index contributed by atoms with van der Waals surface area (Å²) in [5.74, 6) is -0.515. The Hall–Kier alpha value is -0.220. The van der Waals surface area contributed by atoms with Gasteiger partial charge in [-0.2, -0.15) is 0 Å². The average Bonchev–Trinajstić information content (AvgIpc) is 2.12. The van der Waals surface area contributed by atoms with Crippen molar-refractivity contribution in [1.29, 1.82) is 0 Å². The average molecular weight is 310 g/mol. The van der Waals surface area contributed by atoms with E-state index in [4.69, 9.17) is 0 Å². The number of hydrogen-bond donors (Lipinski definition) is 0. The number of halogens is 3. The van der Waals surface area contributed by atoms with Crippen molar-refractivity contribution in [2.24, 2.45) is 0 Å². The van der Waals surface area contributed by atoms with E-state index < -0.39 is 5.82 Å². The van der Waals surface area contributed by atoms with E-state index in [1.54, 1.807) is 13.0 Å². The Bertz CT molecular complexity index is 326. The van der Waals surface area contributed by atoms with Crippen LogP contribution in [-0.4, -0.2) is 11.1 Å². The second kappa shape index (κ2) is 4.33. The highest BCUT2D eigenvalue weighted by Gasteiger charge is 2.09. The van der Waals surface area contributed by atoms with Crippen LogP contribution in [0.3, 0.4) is 0 Å². The van der Waals surface area contributed by atoms with Gasteiger partial charge >= 0.3 is 0 Å². The Balaban J connectivity index is 3.20. The number of ketones is 1. The van der Waals surface area contributed by atoms with Gasteiger partial charge in [-0.25, -0.2) is 4.39 Å². The summed E-state index contributed by atoms with van der Waals surface area (Å²) < 4.78 is 13.5. The van der Waals surface area contributed by atoms with Gasteiger partial charge in [-0.3, -0.25) is 4.79 Å². The van der Waals surface area contributed by atoms with Crippen LogP contribution in [0.5, 0.6) is 0 Å². The Morgan fingerprint density at radius 1 is 1.54 bits per heavy atom. The van der Waals surface area contributed by atoms with Gasteiger partial charge in [-0.05, 0) is 40.5 Å². The van der Waals surface area contributed by atoms with E-state index in [1.165, 1.54) is 6.07 Å². The molecule has 0 aliphatic rings. The second-order valence-electron chi connectivity index (χ2n) is 2.65. The van der Waals surface area contributed by atoms with Crippen LogP contribution in [0.4, 0.5) is 4.39 Å². The van der Waals surface area contributed by atoms with Crippen LogP contribution >= 0.6 is 31.9 Å². The third-order valence-corrected chi connectivity index (χ3v) is 3.17. The summed E-state index contributed by atoms with van der Waals surface area (Å²) in [6.45, 7) is 1.75. The molecule has 0 saturated heterocycles. The molecular weight excluding hydrogens is 303 g/mol. The summed E-state index contributed by atoms with van der Waals surface area (Å²) in [7, 11) is 0. The second-order valence-corrected chi connectivity index (χ2v) is 4.00. The van der Waals surface area contributed by atoms with E-state index in [1.807, 2.05) is 0 Å². The zero-order valence-corrected chi connectivity index (χ0v) is 10.1. The van der Waals surface area contributed by atoms with E-state index in [0.717, 1.165) is 5.56 Å². The molecule has 0 saturated carbocycles. The van der Waals surface area contributed by atoms with E-state index >= 15 is 0 Å². The Labute approximate surface area is 92.6 Å². The zero-order valence-electron chi connectivity index (χ0n) is 6.90. The highest BCUT2D eigenvalue weighted by molar-refractivity contribution is 9.10. The van der Waals surface area contributed by atoms with Gasteiger partial charge in [-0.15, -0.1) is 0 Å². The lowest BCUT2D eigenvalue weighted by Crippen LogP contribution is -2.01. The summed E-state index contributed by atoms with van der Waals surface area (Å²) >= 11 is 6.12. The third kappa shape index (κ3) is 2.38. The summed E-state index contributed by atoms with van der Waals surface area (Å²) in [5.41, 5.74) is 1.12. The van der Waals surface area contributed by atoms with Gasteiger partial charge in [0.1, 0.15) is 5.82 Å². The third-order valence-electron chi connectivity index (χ3n) is 1.65. The lowest BCUT2D eigenvalue weighted by atomic mass is 10.1. The normalized spacial score (nSPS) is 10.2. The van der Waals surface area contributed by atoms with Crippen molar-refractivity contribution in [3.63, 3.8) is 0 Å².